The second kappa shape index (κ2) is 6.14. The van der Waals surface area contributed by atoms with E-state index in [0.29, 0.717) is 36.1 Å². The van der Waals surface area contributed by atoms with Gasteiger partial charge in [0.1, 0.15) is 11.4 Å². The highest BCUT2D eigenvalue weighted by Crippen LogP contribution is 2.40. The van der Waals surface area contributed by atoms with Crippen LogP contribution in [0.15, 0.2) is 24.7 Å². The van der Waals surface area contributed by atoms with E-state index in [-0.39, 0.29) is 11.9 Å². The fourth-order valence-electron chi connectivity index (χ4n) is 3.85. The quantitative estimate of drug-likeness (QED) is 0.709. The van der Waals surface area contributed by atoms with Gasteiger partial charge in [0.25, 0.3) is 5.91 Å². The number of hydrogen-bond donors (Lipinski definition) is 0. The van der Waals surface area contributed by atoms with E-state index in [1.54, 1.807) is 29.2 Å². The van der Waals surface area contributed by atoms with E-state index in [0.717, 1.165) is 18.1 Å². The van der Waals surface area contributed by atoms with Crippen molar-refractivity contribution in [1.82, 2.24) is 34.3 Å². The Hall–Kier alpha value is -2.77. The van der Waals surface area contributed by atoms with Crippen LogP contribution in [-0.4, -0.2) is 46.7 Å². The molecule has 2 aliphatic rings. The monoisotopic (exact) mass is 365 g/mol. The van der Waals surface area contributed by atoms with E-state index in [9.17, 15) is 4.79 Å². The van der Waals surface area contributed by atoms with Gasteiger partial charge in [0.15, 0.2) is 11.5 Å². The molecular weight excluding hydrogens is 342 g/mol. The van der Waals surface area contributed by atoms with Gasteiger partial charge >= 0.3 is 0 Å². The maximum absolute atomic E-state index is 13.4. The molecule has 0 radical (unpaired) electrons. The standard InChI is InChI=1S/C19H23N7O/c1-12(2)10-15-18-22-16(13-4-5-13)23-26(18)9-8-24(15)19(27)14-11-21-25-7-3-6-20-17(14)25/h3,6-7,11-13,15H,4-5,8-10H2,1-2H3/t15-/m0/s1. The highest BCUT2D eigenvalue weighted by Gasteiger charge is 2.37. The molecule has 8 nitrogen and oxygen atoms in total. The molecule has 1 amide bonds. The van der Waals surface area contributed by atoms with Crippen LogP contribution in [0.5, 0.6) is 0 Å². The Balaban J connectivity index is 1.52. The fourth-order valence-corrected chi connectivity index (χ4v) is 3.85. The number of fused-ring (bicyclic) bond motifs is 2. The smallest absolute Gasteiger partial charge is 0.260 e. The van der Waals surface area contributed by atoms with Crippen molar-refractivity contribution >= 4 is 11.6 Å². The molecule has 1 fully saturated rings. The summed E-state index contributed by atoms with van der Waals surface area (Å²) in [5.41, 5.74) is 1.14. The number of hydrogen-bond acceptors (Lipinski definition) is 5. The first-order valence-corrected chi connectivity index (χ1v) is 9.66. The lowest BCUT2D eigenvalue weighted by Crippen LogP contribution is -2.43. The van der Waals surface area contributed by atoms with Crippen LogP contribution in [0.3, 0.4) is 0 Å². The highest BCUT2D eigenvalue weighted by atomic mass is 16.2. The maximum atomic E-state index is 13.4. The molecule has 0 bridgehead atoms. The molecule has 1 atom stereocenters. The summed E-state index contributed by atoms with van der Waals surface area (Å²) in [6, 6.07) is 1.74. The average Bonchev–Trinajstić information content (AvgIpc) is 3.27. The summed E-state index contributed by atoms with van der Waals surface area (Å²) in [6.07, 6.45) is 8.32. The predicted molar refractivity (Wildman–Crippen MR) is 98.2 cm³/mol. The minimum Gasteiger partial charge on any atom is -0.326 e. The lowest BCUT2D eigenvalue weighted by atomic mass is 9.99. The molecule has 140 valence electrons. The van der Waals surface area contributed by atoms with E-state index in [1.165, 1.54) is 12.8 Å². The van der Waals surface area contributed by atoms with E-state index in [1.807, 2.05) is 9.58 Å². The van der Waals surface area contributed by atoms with Crippen LogP contribution in [0.1, 0.15) is 67.1 Å². The van der Waals surface area contributed by atoms with Crippen molar-refractivity contribution in [3.05, 3.63) is 41.9 Å². The number of nitrogens with zero attached hydrogens (tertiary/aromatic N) is 7. The van der Waals surface area contributed by atoms with Crippen LogP contribution in [0.25, 0.3) is 5.65 Å². The minimum atomic E-state index is -0.0649. The van der Waals surface area contributed by atoms with Crippen molar-refractivity contribution in [2.75, 3.05) is 6.54 Å². The molecule has 1 saturated carbocycles. The molecule has 27 heavy (non-hydrogen) atoms. The molecule has 5 rings (SSSR count). The molecule has 8 heteroatoms. The summed E-state index contributed by atoms with van der Waals surface area (Å²) >= 11 is 0. The summed E-state index contributed by atoms with van der Waals surface area (Å²) in [6.45, 7) is 5.66. The van der Waals surface area contributed by atoms with Crippen LogP contribution in [0.2, 0.25) is 0 Å². The molecule has 0 unspecified atom stereocenters. The van der Waals surface area contributed by atoms with Crippen molar-refractivity contribution in [2.45, 2.75) is 51.6 Å². The Morgan fingerprint density at radius 3 is 2.93 bits per heavy atom. The Labute approximate surface area is 157 Å². The normalized spacial score (nSPS) is 19.7. The van der Waals surface area contributed by atoms with Crippen molar-refractivity contribution in [1.29, 1.82) is 0 Å². The predicted octanol–water partition coefficient (Wildman–Crippen LogP) is 2.44. The van der Waals surface area contributed by atoms with Gasteiger partial charge in [0, 0.05) is 24.9 Å². The molecule has 4 heterocycles. The summed E-state index contributed by atoms with van der Waals surface area (Å²) in [5.74, 6) is 2.80. The van der Waals surface area contributed by atoms with Crippen LogP contribution in [0.4, 0.5) is 0 Å². The van der Waals surface area contributed by atoms with Crippen molar-refractivity contribution in [3.8, 4) is 0 Å². The SMILES string of the molecule is CC(C)C[C@H]1c2nc(C3CC3)nn2CCN1C(=O)c1cnn2cccnc12. The second-order valence-electron chi connectivity index (χ2n) is 7.92. The van der Waals surface area contributed by atoms with Gasteiger partial charge in [-0.3, -0.25) is 4.79 Å². The molecule has 0 aromatic carbocycles. The minimum absolute atomic E-state index is 0.0310. The molecule has 1 aliphatic heterocycles. The summed E-state index contributed by atoms with van der Waals surface area (Å²) in [7, 11) is 0. The molecule has 3 aromatic heterocycles. The van der Waals surface area contributed by atoms with Crippen LogP contribution < -0.4 is 0 Å². The molecule has 0 spiro atoms. The van der Waals surface area contributed by atoms with Gasteiger partial charge in [-0.25, -0.2) is 19.2 Å². The molecule has 0 saturated heterocycles. The third kappa shape index (κ3) is 2.79. The lowest BCUT2D eigenvalue weighted by Gasteiger charge is -2.35. The van der Waals surface area contributed by atoms with Crippen LogP contribution in [0, 0.1) is 5.92 Å². The van der Waals surface area contributed by atoms with Gasteiger partial charge < -0.3 is 4.90 Å². The van der Waals surface area contributed by atoms with Gasteiger partial charge in [0.05, 0.1) is 18.8 Å². The first-order valence-electron chi connectivity index (χ1n) is 9.66. The third-order valence-corrected chi connectivity index (χ3v) is 5.35. The number of aromatic nitrogens is 6. The summed E-state index contributed by atoms with van der Waals surface area (Å²) in [5, 5.41) is 8.99. The first kappa shape index (κ1) is 16.4. The zero-order chi connectivity index (χ0) is 18.5. The van der Waals surface area contributed by atoms with Gasteiger partial charge in [0.2, 0.25) is 0 Å². The maximum Gasteiger partial charge on any atom is 0.260 e. The van der Waals surface area contributed by atoms with Crippen molar-refractivity contribution < 1.29 is 4.79 Å². The Morgan fingerprint density at radius 1 is 1.30 bits per heavy atom. The zero-order valence-corrected chi connectivity index (χ0v) is 15.6. The summed E-state index contributed by atoms with van der Waals surface area (Å²) in [4.78, 5) is 24.5. The average molecular weight is 365 g/mol. The number of carbonyl (C=O) groups is 1. The third-order valence-electron chi connectivity index (χ3n) is 5.35. The molecule has 1 aliphatic carbocycles. The Bertz CT molecular complexity index is 1000. The van der Waals surface area contributed by atoms with Gasteiger partial charge in [-0.05, 0) is 31.2 Å². The first-order chi connectivity index (χ1) is 13.1. The van der Waals surface area contributed by atoms with Gasteiger partial charge in [-0.15, -0.1) is 0 Å². The zero-order valence-electron chi connectivity index (χ0n) is 15.6. The van der Waals surface area contributed by atoms with Crippen molar-refractivity contribution in [2.24, 2.45) is 5.92 Å². The molecule has 3 aromatic rings. The van der Waals surface area contributed by atoms with E-state index < -0.39 is 0 Å². The Morgan fingerprint density at radius 2 is 2.15 bits per heavy atom. The van der Waals surface area contributed by atoms with Crippen LogP contribution >= 0.6 is 0 Å². The van der Waals surface area contributed by atoms with E-state index in [4.69, 9.17) is 10.1 Å². The largest absolute Gasteiger partial charge is 0.326 e. The topological polar surface area (TPSA) is 81.2 Å². The second-order valence-corrected chi connectivity index (χ2v) is 7.92. The number of amides is 1. The molecule has 0 N–H and O–H groups in total. The van der Waals surface area contributed by atoms with Crippen molar-refractivity contribution in [3.63, 3.8) is 0 Å². The van der Waals surface area contributed by atoms with E-state index in [2.05, 4.69) is 23.9 Å². The number of rotatable bonds is 4. The fraction of sp³-hybridized carbons (Fsp3) is 0.526. The highest BCUT2D eigenvalue weighted by molar-refractivity contribution is 5.99. The summed E-state index contributed by atoms with van der Waals surface area (Å²) < 4.78 is 3.65. The van der Waals surface area contributed by atoms with Gasteiger partial charge in [-0.1, -0.05) is 13.8 Å². The van der Waals surface area contributed by atoms with E-state index >= 15 is 0 Å². The van der Waals surface area contributed by atoms with Crippen LogP contribution in [-0.2, 0) is 6.54 Å². The lowest BCUT2D eigenvalue weighted by molar-refractivity contribution is 0.0580. The number of carbonyl (C=O) groups excluding carboxylic acids is 1. The molecular formula is C19H23N7O. The van der Waals surface area contributed by atoms with Gasteiger partial charge in [-0.2, -0.15) is 10.2 Å². The Kier molecular flexibility index (Phi) is 3.73.